The molecule has 0 fully saturated rings. The second kappa shape index (κ2) is 6.06. The molecule has 2 rings (SSSR count). The van der Waals surface area contributed by atoms with Crippen molar-refractivity contribution in [3.8, 4) is 23.1 Å². The molecule has 0 aliphatic rings. The number of benzene rings is 1. The maximum atomic E-state index is 5.66. The van der Waals surface area contributed by atoms with Crippen molar-refractivity contribution in [1.29, 1.82) is 0 Å². The normalized spacial score (nSPS) is 10.1. The first-order valence-electron chi connectivity index (χ1n) is 5.81. The van der Waals surface area contributed by atoms with Gasteiger partial charge in [-0.15, -0.1) is 0 Å². The van der Waals surface area contributed by atoms with E-state index in [0.29, 0.717) is 29.7 Å². The molecule has 0 saturated carbocycles. The molecule has 0 radical (unpaired) electrons. The molecule has 0 amide bonds. The lowest BCUT2D eigenvalue weighted by Crippen LogP contribution is -1.98. The fourth-order valence-electron chi connectivity index (χ4n) is 1.59. The molecule has 0 aliphatic carbocycles. The maximum absolute atomic E-state index is 5.66. The minimum absolute atomic E-state index is 0.420. The van der Waals surface area contributed by atoms with Crippen LogP contribution in [0.4, 0.5) is 0 Å². The molecular formula is C14H16N2O3. The molecule has 0 spiro atoms. The summed E-state index contributed by atoms with van der Waals surface area (Å²) < 4.78 is 15.9. The van der Waals surface area contributed by atoms with E-state index in [1.54, 1.807) is 38.6 Å². The second-order valence-electron chi connectivity index (χ2n) is 3.86. The van der Waals surface area contributed by atoms with Gasteiger partial charge >= 0.3 is 0 Å². The molecule has 5 nitrogen and oxygen atoms in total. The Labute approximate surface area is 111 Å². The quantitative estimate of drug-likeness (QED) is 0.893. The molecule has 0 unspecified atom stereocenters. The van der Waals surface area contributed by atoms with Gasteiger partial charge in [0.1, 0.15) is 17.2 Å². The van der Waals surface area contributed by atoms with E-state index in [1.807, 2.05) is 12.1 Å². The Morgan fingerprint density at radius 3 is 2.32 bits per heavy atom. The fraction of sp³-hybridized carbons (Fsp3) is 0.214. The van der Waals surface area contributed by atoms with Gasteiger partial charge in [0, 0.05) is 18.7 Å². The predicted molar refractivity (Wildman–Crippen MR) is 71.7 cm³/mol. The average molecular weight is 260 g/mol. The van der Waals surface area contributed by atoms with Gasteiger partial charge in [0.05, 0.1) is 20.4 Å². The average Bonchev–Trinajstić information content (AvgIpc) is 2.47. The molecule has 2 aromatic rings. The van der Waals surface area contributed by atoms with E-state index in [9.17, 15) is 0 Å². The summed E-state index contributed by atoms with van der Waals surface area (Å²) in [5.41, 5.74) is 6.56. The molecule has 0 saturated heterocycles. The summed E-state index contributed by atoms with van der Waals surface area (Å²) in [5, 5.41) is 0. The molecule has 19 heavy (non-hydrogen) atoms. The first-order chi connectivity index (χ1) is 9.25. The zero-order valence-corrected chi connectivity index (χ0v) is 10.9. The Bertz CT molecular complexity index is 519. The molecule has 2 N–H and O–H groups in total. The topological polar surface area (TPSA) is 66.6 Å². The number of ether oxygens (including phenoxy) is 3. The summed E-state index contributed by atoms with van der Waals surface area (Å²) in [5.74, 6) is 2.50. The third-order valence-corrected chi connectivity index (χ3v) is 2.58. The summed E-state index contributed by atoms with van der Waals surface area (Å²) in [6.07, 6.45) is 1.60. The third-order valence-electron chi connectivity index (χ3n) is 2.58. The van der Waals surface area contributed by atoms with Gasteiger partial charge in [0.15, 0.2) is 0 Å². The number of hydrogen-bond donors (Lipinski definition) is 1. The minimum atomic E-state index is 0.420. The van der Waals surface area contributed by atoms with Crippen molar-refractivity contribution in [1.82, 2.24) is 4.98 Å². The van der Waals surface area contributed by atoms with Gasteiger partial charge in [0.2, 0.25) is 5.88 Å². The largest absolute Gasteiger partial charge is 0.497 e. The van der Waals surface area contributed by atoms with E-state index in [0.717, 1.165) is 5.56 Å². The van der Waals surface area contributed by atoms with Crippen LogP contribution in [0.1, 0.15) is 5.56 Å². The highest BCUT2D eigenvalue weighted by Crippen LogP contribution is 2.26. The SMILES string of the molecule is COc1ccc(Oc2cc(CN)cc(OC)c2)nc1. The van der Waals surface area contributed by atoms with E-state index >= 15 is 0 Å². The van der Waals surface area contributed by atoms with E-state index in [2.05, 4.69) is 4.98 Å². The van der Waals surface area contributed by atoms with E-state index in [1.165, 1.54) is 0 Å². The summed E-state index contributed by atoms with van der Waals surface area (Å²) in [7, 11) is 3.19. The lowest BCUT2D eigenvalue weighted by molar-refractivity contribution is 0.402. The van der Waals surface area contributed by atoms with Crippen LogP contribution in [-0.2, 0) is 6.54 Å². The van der Waals surface area contributed by atoms with Crippen LogP contribution in [0.2, 0.25) is 0 Å². The zero-order chi connectivity index (χ0) is 13.7. The highest BCUT2D eigenvalue weighted by Gasteiger charge is 2.04. The van der Waals surface area contributed by atoms with Gasteiger partial charge in [-0.1, -0.05) is 0 Å². The molecule has 100 valence electrons. The Morgan fingerprint density at radius 1 is 1.00 bits per heavy atom. The summed E-state index contributed by atoms with van der Waals surface area (Å²) in [6, 6.07) is 9.03. The van der Waals surface area contributed by atoms with Crippen LogP contribution < -0.4 is 19.9 Å². The van der Waals surface area contributed by atoms with Crippen LogP contribution in [0.25, 0.3) is 0 Å². The van der Waals surface area contributed by atoms with Crippen LogP contribution in [0, 0.1) is 0 Å². The van der Waals surface area contributed by atoms with Crippen LogP contribution in [0.5, 0.6) is 23.1 Å². The number of rotatable bonds is 5. The molecule has 5 heteroatoms. The van der Waals surface area contributed by atoms with Crippen LogP contribution in [0.3, 0.4) is 0 Å². The van der Waals surface area contributed by atoms with Crippen molar-refractivity contribution in [2.75, 3.05) is 14.2 Å². The monoisotopic (exact) mass is 260 g/mol. The van der Waals surface area contributed by atoms with Crippen molar-refractivity contribution in [3.05, 3.63) is 42.1 Å². The van der Waals surface area contributed by atoms with Crippen molar-refractivity contribution in [2.45, 2.75) is 6.54 Å². The van der Waals surface area contributed by atoms with E-state index < -0.39 is 0 Å². The standard InChI is InChI=1S/C14H16N2O3/c1-17-11-3-4-14(16-9-11)19-13-6-10(8-15)5-12(7-13)18-2/h3-7,9H,8,15H2,1-2H3. The Balaban J connectivity index is 2.21. The fourth-order valence-corrected chi connectivity index (χ4v) is 1.59. The Hall–Kier alpha value is -2.27. The smallest absolute Gasteiger partial charge is 0.219 e. The van der Waals surface area contributed by atoms with Crippen molar-refractivity contribution < 1.29 is 14.2 Å². The van der Waals surface area contributed by atoms with Gasteiger partial charge in [-0.25, -0.2) is 4.98 Å². The molecule has 0 aliphatic heterocycles. The highest BCUT2D eigenvalue weighted by molar-refractivity contribution is 5.40. The maximum Gasteiger partial charge on any atom is 0.219 e. The van der Waals surface area contributed by atoms with Crippen molar-refractivity contribution >= 4 is 0 Å². The van der Waals surface area contributed by atoms with E-state index in [-0.39, 0.29) is 0 Å². The Morgan fingerprint density at radius 2 is 1.74 bits per heavy atom. The van der Waals surface area contributed by atoms with Crippen LogP contribution in [-0.4, -0.2) is 19.2 Å². The highest BCUT2D eigenvalue weighted by atomic mass is 16.5. The first kappa shape index (κ1) is 13.2. The molecular weight excluding hydrogens is 244 g/mol. The lowest BCUT2D eigenvalue weighted by atomic mass is 10.2. The molecule has 0 atom stereocenters. The van der Waals surface area contributed by atoms with Crippen molar-refractivity contribution in [3.63, 3.8) is 0 Å². The van der Waals surface area contributed by atoms with Crippen LogP contribution in [0.15, 0.2) is 36.5 Å². The van der Waals surface area contributed by atoms with Crippen LogP contribution >= 0.6 is 0 Å². The minimum Gasteiger partial charge on any atom is -0.497 e. The zero-order valence-electron chi connectivity index (χ0n) is 10.9. The molecule has 0 bridgehead atoms. The summed E-state index contributed by atoms with van der Waals surface area (Å²) >= 11 is 0. The summed E-state index contributed by atoms with van der Waals surface area (Å²) in [4.78, 5) is 4.14. The summed E-state index contributed by atoms with van der Waals surface area (Å²) in [6.45, 7) is 0.420. The van der Waals surface area contributed by atoms with E-state index in [4.69, 9.17) is 19.9 Å². The first-order valence-corrected chi connectivity index (χ1v) is 5.81. The predicted octanol–water partition coefficient (Wildman–Crippen LogP) is 2.35. The van der Waals surface area contributed by atoms with Gasteiger partial charge in [-0.3, -0.25) is 0 Å². The molecule has 1 aromatic carbocycles. The number of aromatic nitrogens is 1. The number of hydrogen-bond acceptors (Lipinski definition) is 5. The number of methoxy groups -OCH3 is 2. The lowest BCUT2D eigenvalue weighted by Gasteiger charge is -2.09. The van der Waals surface area contributed by atoms with Gasteiger partial charge in [-0.2, -0.15) is 0 Å². The number of nitrogens with two attached hydrogens (primary N) is 1. The number of nitrogens with zero attached hydrogens (tertiary/aromatic N) is 1. The Kier molecular flexibility index (Phi) is 4.20. The molecule has 1 aromatic heterocycles. The number of pyridine rings is 1. The van der Waals surface area contributed by atoms with Crippen molar-refractivity contribution in [2.24, 2.45) is 5.73 Å². The van der Waals surface area contributed by atoms with Gasteiger partial charge in [0.25, 0.3) is 0 Å². The second-order valence-corrected chi connectivity index (χ2v) is 3.86. The molecule has 1 heterocycles. The third kappa shape index (κ3) is 3.35. The van der Waals surface area contributed by atoms with Gasteiger partial charge < -0.3 is 19.9 Å². The van der Waals surface area contributed by atoms with Gasteiger partial charge in [-0.05, 0) is 23.8 Å².